The summed E-state index contributed by atoms with van der Waals surface area (Å²) in [6.07, 6.45) is 4.60. The number of nitrogens with two attached hydrogens (primary N) is 1. The Bertz CT molecular complexity index is 480. The molecule has 2 heterocycles. The van der Waals surface area contributed by atoms with Crippen LogP contribution in [0.5, 0.6) is 0 Å². The molecule has 2 rings (SSSR count). The molecule has 104 valence electrons. The lowest BCUT2D eigenvalue weighted by Gasteiger charge is -2.28. The number of carbonyl (C=O) groups excluding carboxylic acids is 1. The maximum Gasteiger partial charge on any atom is 0.255 e. The summed E-state index contributed by atoms with van der Waals surface area (Å²) in [5.74, 6) is 5.64. The first-order valence-electron chi connectivity index (χ1n) is 6.53. The third-order valence-electron chi connectivity index (χ3n) is 3.72. The number of hydrogen-bond donors (Lipinski definition) is 2. The molecule has 1 aromatic heterocycles. The van der Waals surface area contributed by atoms with Crippen molar-refractivity contribution in [3.63, 3.8) is 0 Å². The van der Waals surface area contributed by atoms with E-state index in [-0.39, 0.29) is 11.9 Å². The Morgan fingerprint density at radius 1 is 1.63 bits per heavy atom. The molecule has 3 N–H and O–H groups in total. The third-order valence-corrected chi connectivity index (χ3v) is 4.00. The van der Waals surface area contributed by atoms with Crippen LogP contribution in [0, 0.1) is 0 Å². The van der Waals surface area contributed by atoms with Crippen LogP contribution in [0.15, 0.2) is 12.3 Å². The van der Waals surface area contributed by atoms with Gasteiger partial charge >= 0.3 is 0 Å². The van der Waals surface area contributed by atoms with Crippen molar-refractivity contribution in [1.82, 2.24) is 9.88 Å². The predicted molar refractivity (Wildman–Crippen MR) is 76.0 cm³/mol. The molecule has 1 fully saturated rings. The van der Waals surface area contributed by atoms with Crippen LogP contribution in [-0.4, -0.2) is 27.9 Å². The Morgan fingerprint density at radius 3 is 2.95 bits per heavy atom. The van der Waals surface area contributed by atoms with Gasteiger partial charge < -0.3 is 10.3 Å². The van der Waals surface area contributed by atoms with Gasteiger partial charge in [-0.05, 0) is 32.3 Å². The van der Waals surface area contributed by atoms with Gasteiger partial charge in [0.15, 0.2) is 5.82 Å². The number of anilines is 1. The number of aromatic nitrogens is 1. The number of pyridine rings is 1. The standard InChI is InChI=1S/C13H19ClN4O/c1-3-10-5-4-8(2)18(10)13(19)9-6-11(14)12(17-15)16-7-9/h6-8,10H,3-5,15H2,1-2H3,(H,16,17). The lowest BCUT2D eigenvalue weighted by atomic mass is 10.1. The molecular weight excluding hydrogens is 264 g/mol. The van der Waals surface area contributed by atoms with Crippen molar-refractivity contribution in [2.24, 2.45) is 5.84 Å². The van der Waals surface area contributed by atoms with E-state index in [0.717, 1.165) is 19.3 Å². The average molecular weight is 283 g/mol. The monoisotopic (exact) mass is 282 g/mol. The lowest BCUT2D eigenvalue weighted by Crippen LogP contribution is -2.39. The van der Waals surface area contributed by atoms with Crippen LogP contribution < -0.4 is 11.3 Å². The van der Waals surface area contributed by atoms with Crippen molar-refractivity contribution in [2.75, 3.05) is 5.43 Å². The third kappa shape index (κ3) is 2.67. The fourth-order valence-electron chi connectivity index (χ4n) is 2.65. The first kappa shape index (κ1) is 14.1. The Balaban J connectivity index is 2.26. The van der Waals surface area contributed by atoms with Crippen LogP contribution in [-0.2, 0) is 0 Å². The number of carbonyl (C=O) groups is 1. The minimum absolute atomic E-state index is 0.00479. The Morgan fingerprint density at radius 2 is 2.37 bits per heavy atom. The van der Waals surface area contributed by atoms with Gasteiger partial charge in [0, 0.05) is 18.3 Å². The van der Waals surface area contributed by atoms with Crippen LogP contribution in [0.4, 0.5) is 5.82 Å². The van der Waals surface area contributed by atoms with Gasteiger partial charge in [-0.3, -0.25) is 4.79 Å². The van der Waals surface area contributed by atoms with Crippen LogP contribution in [0.25, 0.3) is 0 Å². The number of nitrogens with one attached hydrogen (secondary N) is 1. The summed E-state index contributed by atoms with van der Waals surface area (Å²) in [5, 5.41) is 0.355. The van der Waals surface area contributed by atoms with E-state index in [1.165, 1.54) is 6.20 Å². The minimum atomic E-state index is -0.00479. The Kier molecular flexibility index (Phi) is 4.27. The fraction of sp³-hybridized carbons (Fsp3) is 0.538. The Hall–Kier alpha value is -1.33. The zero-order valence-electron chi connectivity index (χ0n) is 11.2. The lowest BCUT2D eigenvalue weighted by molar-refractivity contribution is 0.0676. The zero-order chi connectivity index (χ0) is 14.0. The van der Waals surface area contributed by atoms with Crippen molar-refractivity contribution >= 4 is 23.3 Å². The molecule has 0 aliphatic carbocycles. The molecule has 1 aliphatic rings. The molecule has 0 radical (unpaired) electrons. The van der Waals surface area contributed by atoms with Crippen molar-refractivity contribution in [2.45, 2.75) is 45.2 Å². The van der Waals surface area contributed by atoms with Crippen molar-refractivity contribution in [3.8, 4) is 0 Å². The van der Waals surface area contributed by atoms with Crippen LogP contribution in [0.2, 0.25) is 5.02 Å². The van der Waals surface area contributed by atoms with Gasteiger partial charge in [-0.1, -0.05) is 18.5 Å². The van der Waals surface area contributed by atoms with E-state index < -0.39 is 0 Å². The summed E-state index contributed by atoms with van der Waals surface area (Å²) in [7, 11) is 0. The van der Waals surface area contributed by atoms with Gasteiger partial charge in [-0.15, -0.1) is 0 Å². The molecule has 0 bridgehead atoms. The zero-order valence-corrected chi connectivity index (χ0v) is 11.9. The molecule has 1 saturated heterocycles. The smallest absolute Gasteiger partial charge is 0.255 e. The molecule has 1 aromatic rings. The number of nitrogens with zero attached hydrogens (tertiary/aromatic N) is 2. The number of hydrogen-bond acceptors (Lipinski definition) is 4. The SMILES string of the molecule is CCC1CCC(C)N1C(=O)c1cnc(NN)c(Cl)c1. The average Bonchev–Trinajstić information content (AvgIpc) is 2.78. The number of nitrogen functional groups attached to an aromatic ring is 1. The van der Waals surface area contributed by atoms with Gasteiger partial charge in [-0.2, -0.15) is 0 Å². The molecule has 5 nitrogen and oxygen atoms in total. The van der Waals surface area contributed by atoms with Gasteiger partial charge in [0.2, 0.25) is 0 Å². The number of hydrazine groups is 1. The maximum absolute atomic E-state index is 12.6. The van der Waals surface area contributed by atoms with E-state index in [2.05, 4.69) is 24.3 Å². The molecule has 6 heteroatoms. The molecule has 0 saturated carbocycles. The molecule has 1 aliphatic heterocycles. The van der Waals surface area contributed by atoms with E-state index in [9.17, 15) is 4.79 Å². The highest BCUT2D eigenvalue weighted by molar-refractivity contribution is 6.33. The van der Waals surface area contributed by atoms with Gasteiger partial charge in [0.1, 0.15) is 0 Å². The normalized spacial score (nSPS) is 22.6. The fourth-order valence-corrected chi connectivity index (χ4v) is 2.87. The van der Waals surface area contributed by atoms with E-state index in [0.29, 0.717) is 22.4 Å². The summed E-state index contributed by atoms with van der Waals surface area (Å²) >= 11 is 6.01. The summed E-state index contributed by atoms with van der Waals surface area (Å²) in [5.41, 5.74) is 2.90. The minimum Gasteiger partial charge on any atom is -0.333 e. The van der Waals surface area contributed by atoms with Crippen LogP contribution in [0.3, 0.4) is 0 Å². The summed E-state index contributed by atoms with van der Waals surface area (Å²) in [6.45, 7) is 4.19. The number of likely N-dealkylation sites (tertiary alicyclic amines) is 1. The summed E-state index contributed by atoms with van der Waals surface area (Å²) in [6, 6.07) is 2.20. The second-order valence-corrected chi connectivity index (χ2v) is 5.31. The predicted octanol–water partition coefficient (Wildman–Crippen LogP) is 2.42. The molecular formula is C13H19ClN4O. The van der Waals surface area contributed by atoms with E-state index in [1.807, 2.05) is 4.90 Å². The maximum atomic E-state index is 12.6. The van der Waals surface area contributed by atoms with Crippen LogP contribution in [0.1, 0.15) is 43.5 Å². The van der Waals surface area contributed by atoms with E-state index in [1.54, 1.807) is 6.07 Å². The first-order chi connectivity index (χ1) is 9.08. The largest absolute Gasteiger partial charge is 0.333 e. The summed E-state index contributed by atoms with van der Waals surface area (Å²) < 4.78 is 0. The first-order valence-corrected chi connectivity index (χ1v) is 6.91. The summed E-state index contributed by atoms with van der Waals surface area (Å²) in [4.78, 5) is 18.6. The molecule has 2 unspecified atom stereocenters. The van der Waals surface area contributed by atoms with E-state index in [4.69, 9.17) is 17.4 Å². The molecule has 2 atom stereocenters. The molecule has 0 spiro atoms. The highest BCUT2D eigenvalue weighted by Crippen LogP contribution is 2.29. The van der Waals surface area contributed by atoms with Crippen LogP contribution >= 0.6 is 11.6 Å². The number of amides is 1. The Labute approximate surface area is 118 Å². The number of halogens is 1. The second kappa shape index (κ2) is 5.75. The van der Waals surface area contributed by atoms with Crippen molar-refractivity contribution in [3.05, 3.63) is 22.8 Å². The molecule has 19 heavy (non-hydrogen) atoms. The van der Waals surface area contributed by atoms with Gasteiger partial charge in [-0.25, -0.2) is 10.8 Å². The van der Waals surface area contributed by atoms with Crippen molar-refractivity contribution in [1.29, 1.82) is 0 Å². The van der Waals surface area contributed by atoms with Gasteiger partial charge in [0.25, 0.3) is 5.91 Å². The van der Waals surface area contributed by atoms with Gasteiger partial charge in [0.05, 0.1) is 10.6 Å². The molecule has 1 amide bonds. The number of rotatable bonds is 3. The quantitative estimate of drug-likeness (QED) is 0.660. The highest BCUT2D eigenvalue weighted by Gasteiger charge is 2.33. The second-order valence-electron chi connectivity index (χ2n) is 4.90. The molecule has 0 aromatic carbocycles. The topological polar surface area (TPSA) is 71.2 Å². The highest BCUT2D eigenvalue weighted by atomic mass is 35.5. The van der Waals surface area contributed by atoms with Crippen molar-refractivity contribution < 1.29 is 4.79 Å². The van der Waals surface area contributed by atoms with E-state index >= 15 is 0 Å².